The molecule has 0 aliphatic carbocycles. The van der Waals surface area contributed by atoms with Crippen molar-refractivity contribution in [2.45, 2.75) is 37.3 Å². The molecule has 1 aromatic carbocycles. The van der Waals surface area contributed by atoms with Gasteiger partial charge in [0.2, 0.25) is 0 Å². The first-order chi connectivity index (χ1) is 9.04. The minimum atomic E-state index is 0.369. The number of rotatable bonds is 4. The van der Waals surface area contributed by atoms with Crippen LogP contribution < -0.4 is 5.73 Å². The van der Waals surface area contributed by atoms with Gasteiger partial charge in [-0.05, 0) is 25.0 Å². The number of thioether (sulfide) groups is 1. The van der Waals surface area contributed by atoms with Crippen molar-refractivity contribution >= 4 is 17.6 Å². The van der Waals surface area contributed by atoms with Crippen molar-refractivity contribution < 1.29 is 0 Å². The van der Waals surface area contributed by atoms with Crippen molar-refractivity contribution in [3.05, 3.63) is 47.4 Å². The normalized spacial score (nSPS) is 10.9. The van der Waals surface area contributed by atoms with Crippen LogP contribution in [0.1, 0.15) is 36.8 Å². The van der Waals surface area contributed by atoms with E-state index in [0.717, 1.165) is 17.3 Å². The van der Waals surface area contributed by atoms with Crippen molar-refractivity contribution in [1.82, 2.24) is 9.97 Å². The quantitative estimate of drug-likeness (QED) is 0.861. The zero-order valence-electron chi connectivity index (χ0n) is 11.6. The summed E-state index contributed by atoms with van der Waals surface area (Å²) in [6, 6.07) is 10.3. The summed E-state index contributed by atoms with van der Waals surface area (Å²) in [4.78, 5) is 10.1. The number of aromatic nitrogens is 2. The van der Waals surface area contributed by atoms with Gasteiger partial charge in [0, 0.05) is 16.7 Å². The van der Waals surface area contributed by atoms with Crippen molar-refractivity contribution in [3.8, 4) is 0 Å². The molecule has 2 rings (SSSR count). The van der Waals surface area contributed by atoms with Crippen LogP contribution in [0.2, 0.25) is 0 Å². The van der Waals surface area contributed by atoms with Crippen LogP contribution in [0.25, 0.3) is 0 Å². The Morgan fingerprint density at radius 2 is 2.00 bits per heavy atom. The minimum Gasteiger partial charge on any atom is -0.384 e. The molecule has 0 fully saturated rings. The molecular formula is C15H19N3S. The highest BCUT2D eigenvalue weighted by molar-refractivity contribution is 7.98. The van der Waals surface area contributed by atoms with Crippen LogP contribution in [0.3, 0.4) is 0 Å². The predicted molar refractivity (Wildman–Crippen MR) is 81.3 cm³/mol. The average Bonchev–Trinajstić information content (AvgIpc) is 2.36. The second-order valence-electron chi connectivity index (χ2n) is 4.89. The van der Waals surface area contributed by atoms with E-state index in [-0.39, 0.29) is 0 Å². The Bertz CT molecular complexity index is 567. The fraction of sp³-hybridized carbons (Fsp3) is 0.333. The molecule has 0 bridgehead atoms. The molecule has 0 aliphatic heterocycles. The summed E-state index contributed by atoms with van der Waals surface area (Å²) in [5.74, 6) is 2.47. The number of benzene rings is 1. The molecular weight excluding hydrogens is 254 g/mol. The first-order valence-corrected chi connectivity index (χ1v) is 7.36. The third-order valence-corrected chi connectivity index (χ3v) is 3.75. The van der Waals surface area contributed by atoms with E-state index in [2.05, 4.69) is 55.0 Å². The number of nitrogens with two attached hydrogens (primary N) is 1. The third kappa shape index (κ3) is 3.96. The lowest BCUT2D eigenvalue weighted by atomic mass is 10.1. The Morgan fingerprint density at radius 1 is 1.21 bits per heavy atom. The van der Waals surface area contributed by atoms with Crippen LogP contribution in [-0.4, -0.2) is 9.97 Å². The zero-order chi connectivity index (χ0) is 13.8. The molecule has 0 atom stereocenters. The molecule has 0 spiro atoms. The van der Waals surface area contributed by atoms with Gasteiger partial charge >= 0.3 is 0 Å². The van der Waals surface area contributed by atoms with Gasteiger partial charge in [-0.1, -0.05) is 31.5 Å². The summed E-state index contributed by atoms with van der Waals surface area (Å²) in [6.45, 7) is 6.32. The van der Waals surface area contributed by atoms with Gasteiger partial charge in [0.25, 0.3) is 0 Å². The predicted octanol–water partition coefficient (Wildman–Crippen LogP) is 3.78. The molecule has 2 aromatic rings. The molecule has 2 N–H and O–H groups in total. The summed E-state index contributed by atoms with van der Waals surface area (Å²) in [5.41, 5.74) is 8.10. The fourth-order valence-corrected chi connectivity index (χ4v) is 2.62. The summed E-state index contributed by atoms with van der Waals surface area (Å²) >= 11 is 1.74. The number of hydrogen-bond acceptors (Lipinski definition) is 4. The second-order valence-corrected chi connectivity index (χ2v) is 5.94. The van der Waals surface area contributed by atoms with Crippen LogP contribution in [0.15, 0.2) is 35.2 Å². The summed E-state index contributed by atoms with van der Waals surface area (Å²) in [6.07, 6.45) is 0. The maximum Gasteiger partial charge on any atom is 0.141 e. The lowest BCUT2D eigenvalue weighted by Crippen LogP contribution is -2.03. The van der Waals surface area contributed by atoms with Gasteiger partial charge < -0.3 is 5.73 Å². The van der Waals surface area contributed by atoms with E-state index in [1.807, 2.05) is 6.07 Å². The van der Waals surface area contributed by atoms with E-state index >= 15 is 0 Å². The van der Waals surface area contributed by atoms with Gasteiger partial charge in [-0.3, -0.25) is 0 Å². The summed E-state index contributed by atoms with van der Waals surface area (Å²) in [5, 5.41) is 0. The van der Waals surface area contributed by atoms with Crippen molar-refractivity contribution in [2.75, 3.05) is 5.73 Å². The van der Waals surface area contributed by atoms with Gasteiger partial charge in [-0.15, -0.1) is 11.8 Å². The van der Waals surface area contributed by atoms with Gasteiger partial charge in [0.1, 0.15) is 11.6 Å². The van der Waals surface area contributed by atoms with Crippen molar-refractivity contribution in [1.29, 1.82) is 0 Å². The Morgan fingerprint density at radius 3 is 2.68 bits per heavy atom. The SMILES string of the molecule is Cc1cccc(SCc2nc(N)cc(C(C)C)n2)c1. The molecule has 0 saturated carbocycles. The minimum absolute atomic E-state index is 0.369. The monoisotopic (exact) mass is 273 g/mol. The standard InChI is InChI=1S/C15H19N3S/c1-10(2)13-8-14(16)18-15(17-13)9-19-12-6-4-5-11(3)7-12/h4-8,10H,9H2,1-3H3,(H2,16,17,18). The third-order valence-electron chi connectivity index (χ3n) is 2.76. The molecule has 0 amide bonds. The molecule has 4 heteroatoms. The van der Waals surface area contributed by atoms with E-state index in [0.29, 0.717) is 11.7 Å². The maximum atomic E-state index is 5.83. The average molecular weight is 273 g/mol. The van der Waals surface area contributed by atoms with Gasteiger partial charge in [0.15, 0.2) is 0 Å². The Kier molecular flexibility index (Phi) is 4.43. The summed E-state index contributed by atoms with van der Waals surface area (Å²) < 4.78 is 0. The number of nitrogen functional groups attached to an aromatic ring is 1. The zero-order valence-corrected chi connectivity index (χ0v) is 12.4. The molecule has 1 aromatic heterocycles. The molecule has 3 nitrogen and oxygen atoms in total. The number of hydrogen-bond donors (Lipinski definition) is 1. The highest BCUT2D eigenvalue weighted by atomic mass is 32.2. The molecule has 0 unspecified atom stereocenters. The molecule has 0 saturated heterocycles. The highest BCUT2D eigenvalue weighted by Crippen LogP contribution is 2.23. The van der Waals surface area contributed by atoms with Crippen molar-refractivity contribution in [3.63, 3.8) is 0 Å². The molecule has 1 heterocycles. The molecule has 100 valence electrons. The van der Waals surface area contributed by atoms with E-state index in [9.17, 15) is 0 Å². The molecule has 0 aliphatic rings. The molecule has 0 radical (unpaired) electrons. The first kappa shape index (κ1) is 13.9. The smallest absolute Gasteiger partial charge is 0.141 e. The number of anilines is 1. The van der Waals surface area contributed by atoms with Gasteiger partial charge in [-0.25, -0.2) is 9.97 Å². The largest absolute Gasteiger partial charge is 0.384 e. The van der Waals surface area contributed by atoms with Crippen LogP contribution in [0.4, 0.5) is 5.82 Å². The fourth-order valence-electron chi connectivity index (χ4n) is 1.75. The Labute approximate surface area is 118 Å². The van der Waals surface area contributed by atoms with Gasteiger partial charge in [0.05, 0.1) is 5.75 Å². The topological polar surface area (TPSA) is 51.8 Å². The van der Waals surface area contributed by atoms with Crippen LogP contribution in [0.5, 0.6) is 0 Å². The second kappa shape index (κ2) is 6.06. The van der Waals surface area contributed by atoms with Crippen LogP contribution in [0, 0.1) is 6.92 Å². The van der Waals surface area contributed by atoms with Crippen LogP contribution >= 0.6 is 11.8 Å². The summed E-state index contributed by atoms with van der Waals surface area (Å²) in [7, 11) is 0. The van der Waals surface area contributed by atoms with E-state index in [1.165, 1.54) is 10.5 Å². The molecule has 19 heavy (non-hydrogen) atoms. The lowest BCUT2D eigenvalue weighted by Gasteiger charge is -2.08. The van der Waals surface area contributed by atoms with E-state index < -0.39 is 0 Å². The van der Waals surface area contributed by atoms with E-state index in [1.54, 1.807) is 11.8 Å². The maximum absolute atomic E-state index is 5.83. The first-order valence-electron chi connectivity index (χ1n) is 6.37. The van der Waals surface area contributed by atoms with E-state index in [4.69, 9.17) is 5.73 Å². The Balaban J connectivity index is 2.11. The van der Waals surface area contributed by atoms with Crippen molar-refractivity contribution in [2.24, 2.45) is 0 Å². The highest BCUT2D eigenvalue weighted by Gasteiger charge is 2.07. The van der Waals surface area contributed by atoms with Crippen LogP contribution in [-0.2, 0) is 5.75 Å². The Hall–Kier alpha value is -1.55. The van der Waals surface area contributed by atoms with Gasteiger partial charge in [-0.2, -0.15) is 0 Å². The number of aryl methyl sites for hydroxylation is 1. The lowest BCUT2D eigenvalue weighted by molar-refractivity contribution is 0.801. The number of nitrogens with zero attached hydrogens (tertiary/aromatic N) is 2.